The molecule has 4 aromatic rings. The maximum absolute atomic E-state index is 12.9. The summed E-state index contributed by atoms with van der Waals surface area (Å²) < 4.78 is 2.59. The second-order valence-electron chi connectivity index (χ2n) is 8.90. The topological polar surface area (TPSA) is 71.4 Å². The molecule has 5 rings (SSSR count). The minimum absolute atomic E-state index is 0.00700. The molecule has 1 N–H and O–H groups in total. The highest BCUT2D eigenvalue weighted by Gasteiger charge is 2.32. The zero-order valence-corrected chi connectivity index (χ0v) is 22.1. The molecule has 3 aromatic carbocycles. The second kappa shape index (κ2) is 10.1. The number of benzene rings is 3. The highest BCUT2D eigenvalue weighted by atomic mass is 35.5. The minimum Gasteiger partial charge on any atom is -0.322 e. The zero-order valence-electron chi connectivity index (χ0n) is 19.7. The van der Waals surface area contributed by atoms with E-state index in [2.05, 4.69) is 5.32 Å². The first-order chi connectivity index (χ1) is 17.3. The molecule has 0 radical (unpaired) electrons. The Balaban J connectivity index is 1.30. The molecule has 0 spiro atoms. The molecule has 36 heavy (non-hydrogen) atoms. The van der Waals surface area contributed by atoms with E-state index in [1.807, 2.05) is 73.3 Å². The number of thioether (sulfide) groups is 1. The number of hydrogen-bond donors (Lipinski definition) is 1. The molecule has 0 saturated carbocycles. The molecule has 9 heteroatoms. The fourth-order valence-electron chi connectivity index (χ4n) is 4.29. The first kappa shape index (κ1) is 24.6. The Morgan fingerprint density at radius 3 is 2.47 bits per heavy atom. The summed E-state index contributed by atoms with van der Waals surface area (Å²) in [5.41, 5.74) is 4.01. The van der Waals surface area contributed by atoms with Crippen LogP contribution in [0.4, 0.5) is 5.69 Å². The van der Waals surface area contributed by atoms with Gasteiger partial charge >= 0.3 is 4.87 Å². The summed E-state index contributed by atoms with van der Waals surface area (Å²) >= 11 is 8.74. The van der Waals surface area contributed by atoms with Gasteiger partial charge in [0.2, 0.25) is 5.91 Å². The van der Waals surface area contributed by atoms with Crippen molar-refractivity contribution in [3.63, 3.8) is 0 Å². The molecule has 1 atom stereocenters. The number of carbonyl (C=O) groups excluding carboxylic acids is 2. The third-order valence-corrected chi connectivity index (χ3v) is 8.51. The van der Waals surface area contributed by atoms with Crippen LogP contribution in [0.2, 0.25) is 5.02 Å². The second-order valence-corrected chi connectivity index (χ2v) is 11.4. The lowest BCUT2D eigenvalue weighted by atomic mass is 10.1. The van der Waals surface area contributed by atoms with Crippen LogP contribution in [0.5, 0.6) is 0 Å². The van der Waals surface area contributed by atoms with Crippen LogP contribution >= 0.6 is 34.7 Å². The Hall–Kier alpha value is -3.07. The van der Waals surface area contributed by atoms with Gasteiger partial charge in [0, 0.05) is 28.9 Å². The van der Waals surface area contributed by atoms with Crippen molar-refractivity contribution in [3.8, 4) is 0 Å². The lowest BCUT2D eigenvalue weighted by Crippen LogP contribution is -2.27. The summed E-state index contributed by atoms with van der Waals surface area (Å²) in [4.78, 5) is 39.6. The maximum atomic E-state index is 12.9. The van der Waals surface area contributed by atoms with Gasteiger partial charge in [0.15, 0.2) is 0 Å². The van der Waals surface area contributed by atoms with Gasteiger partial charge in [0.05, 0.1) is 16.0 Å². The van der Waals surface area contributed by atoms with Crippen LogP contribution in [0.3, 0.4) is 0 Å². The van der Waals surface area contributed by atoms with Gasteiger partial charge in [-0.05, 0) is 67.4 Å². The molecule has 2 amide bonds. The third-order valence-electron chi connectivity index (χ3n) is 6.08. The number of amides is 2. The van der Waals surface area contributed by atoms with Crippen LogP contribution in [-0.2, 0) is 11.3 Å². The van der Waals surface area contributed by atoms with Crippen molar-refractivity contribution in [2.45, 2.75) is 31.8 Å². The van der Waals surface area contributed by atoms with Crippen LogP contribution in [0.1, 0.15) is 46.7 Å². The van der Waals surface area contributed by atoms with Crippen LogP contribution in [0, 0.1) is 0 Å². The smallest absolute Gasteiger partial charge is 0.308 e. The van der Waals surface area contributed by atoms with E-state index in [4.69, 9.17) is 11.6 Å². The van der Waals surface area contributed by atoms with Gasteiger partial charge in [-0.3, -0.25) is 19.0 Å². The molecule has 1 saturated heterocycles. The molecule has 1 fully saturated rings. The SMILES string of the molecule is CC(C)n1c(=O)sc2cc(NC(=O)c3ccc([C@@H]4SCC(=O)N4Cc4ccc(Cl)cc4)cc3)ccc21. The van der Waals surface area contributed by atoms with Crippen LogP contribution in [-0.4, -0.2) is 27.0 Å². The van der Waals surface area contributed by atoms with Crippen molar-refractivity contribution in [1.29, 1.82) is 0 Å². The van der Waals surface area contributed by atoms with Crippen LogP contribution in [0.15, 0.2) is 71.5 Å². The van der Waals surface area contributed by atoms with Gasteiger partial charge in [-0.15, -0.1) is 11.8 Å². The fraction of sp³-hybridized carbons (Fsp3) is 0.222. The maximum Gasteiger partial charge on any atom is 0.308 e. The first-order valence-corrected chi connectivity index (χ1v) is 13.8. The van der Waals surface area contributed by atoms with Crippen molar-refractivity contribution < 1.29 is 9.59 Å². The number of anilines is 1. The first-order valence-electron chi connectivity index (χ1n) is 11.5. The number of carbonyl (C=O) groups is 2. The van der Waals surface area contributed by atoms with Gasteiger partial charge in [-0.25, -0.2) is 0 Å². The Morgan fingerprint density at radius 1 is 1.06 bits per heavy atom. The molecule has 1 aliphatic heterocycles. The van der Waals surface area contributed by atoms with E-state index in [-0.39, 0.29) is 28.1 Å². The molecular formula is C27H24ClN3O3S2. The molecule has 1 aliphatic rings. The third kappa shape index (κ3) is 4.93. The predicted octanol–water partition coefficient (Wildman–Crippen LogP) is 6.32. The van der Waals surface area contributed by atoms with Gasteiger partial charge < -0.3 is 10.2 Å². The van der Waals surface area contributed by atoms with Crippen molar-refractivity contribution in [1.82, 2.24) is 9.47 Å². The molecule has 0 bridgehead atoms. The van der Waals surface area contributed by atoms with Gasteiger partial charge in [0.1, 0.15) is 5.37 Å². The Bertz CT molecular complexity index is 1490. The Kier molecular flexibility index (Phi) is 6.92. The van der Waals surface area contributed by atoms with E-state index < -0.39 is 0 Å². The molecule has 6 nitrogen and oxygen atoms in total. The van der Waals surface area contributed by atoms with Crippen molar-refractivity contribution >= 4 is 62.4 Å². The van der Waals surface area contributed by atoms with E-state index in [9.17, 15) is 14.4 Å². The van der Waals surface area contributed by atoms with Crippen LogP contribution < -0.4 is 10.2 Å². The number of nitrogens with one attached hydrogen (secondary N) is 1. The summed E-state index contributed by atoms with van der Waals surface area (Å²) in [6.07, 6.45) is 0. The lowest BCUT2D eigenvalue weighted by molar-refractivity contribution is -0.128. The predicted molar refractivity (Wildman–Crippen MR) is 148 cm³/mol. The summed E-state index contributed by atoms with van der Waals surface area (Å²) in [5.74, 6) is 0.281. The van der Waals surface area contributed by atoms with Crippen LogP contribution in [0.25, 0.3) is 10.2 Å². The molecule has 2 heterocycles. The monoisotopic (exact) mass is 537 g/mol. The van der Waals surface area contributed by atoms with Gasteiger partial charge in [0.25, 0.3) is 5.91 Å². The average molecular weight is 538 g/mol. The average Bonchev–Trinajstić information content (AvgIpc) is 3.38. The number of fused-ring (bicyclic) bond motifs is 1. The van der Waals surface area contributed by atoms with E-state index in [0.29, 0.717) is 28.6 Å². The summed E-state index contributed by atoms with van der Waals surface area (Å²) in [6.45, 7) is 4.45. The summed E-state index contributed by atoms with van der Waals surface area (Å²) in [5, 5.41) is 3.48. The number of nitrogens with zero attached hydrogens (tertiary/aromatic N) is 2. The zero-order chi connectivity index (χ0) is 25.4. The number of hydrogen-bond acceptors (Lipinski definition) is 5. The fourth-order valence-corrected chi connectivity index (χ4v) is 6.66. The van der Waals surface area contributed by atoms with Crippen molar-refractivity contribution in [2.75, 3.05) is 11.1 Å². The number of thiazole rings is 1. The van der Waals surface area contributed by atoms with E-state index in [1.165, 1.54) is 11.3 Å². The largest absolute Gasteiger partial charge is 0.322 e. The minimum atomic E-state index is -0.232. The molecule has 0 aliphatic carbocycles. The molecule has 184 valence electrons. The highest BCUT2D eigenvalue weighted by Crippen LogP contribution is 2.39. The lowest BCUT2D eigenvalue weighted by Gasteiger charge is -2.24. The highest BCUT2D eigenvalue weighted by molar-refractivity contribution is 8.00. The van der Waals surface area contributed by atoms with E-state index in [0.717, 1.165) is 21.3 Å². The summed E-state index contributed by atoms with van der Waals surface area (Å²) in [7, 11) is 0. The van der Waals surface area contributed by atoms with Crippen molar-refractivity contribution in [2.24, 2.45) is 0 Å². The quantitative estimate of drug-likeness (QED) is 0.312. The summed E-state index contributed by atoms with van der Waals surface area (Å²) in [6, 6.07) is 20.5. The molecule has 1 aromatic heterocycles. The van der Waals surface area contributed by atoms with Gasteiger partial charge in [-0.1, -0.05) is 47.2 Å². The van der Waals surface area contributed by atoms with E-state index >= 15 is 0 Å². The number of rotatable bonds is 6. The van der Waals surface area contributed by atoms with Crippen molar-refractivity contribution in [3.05, 3.63) is 98.1 Å². The Labute approximate surface area is 221 Å². The number of aromatic nitrogens is 1. The van der Waals surface area contributed by atoms with E-state index in [1.54, 1.807) is 28.5 Å². The van der Waals surface area contributed by atoms with Gasteiger partial charge in [-0.2, -0.15) is 0 Å². The number of halogens is 1. The molecular weight excluding hydrogens is 514 g/mol. The molecule has 0 unspecified atom stereocenters. The Morgan fingerprint density at radius 2 is 1.78 bits per heavy atom. The normalized spacial score (nSPS) is 15.7. The standard InChI is InChI=1S/C27H24ClN3O3S2/c1-16(2)31-22-12-11-21(13-23(22)36-27(31)34)29-25(33)18-5-7-19(8-6-18)26-30(24(32)15-35-26)14-17-3-9-20(28)10-4-17/h3-13,16,26H,14-15H2,1-2H3,(H,29,33)/t26-/m0/s1.